The van der Waals surface area contributed by atoms with Gasteiger partial charge in [-0.3, -0.25) is 9.59 Å². The number of likely N-dealkylation sites (N-methyl/N-ethyl adjacent to an activating group) is 1. The summed E-state index contributed by atoms with van der Waals surface area (Å²) >= 11 is 0. The lowest BCUT2D eigenvalue weighted by Gasteiger charge is -2.36. The molecule has 0 saturated carbocycles. The maximum absolute atomic E-state index is 14.1. The van der Waals surface area contributed by atoms with Gasteiger partial charge in [-0.15, -0.1) is 0 Å². The molecule has 0 aliphatic carbocycles. The molecule has 0 spiro atoms. The van der Waals surface area contributed by atoms with Crippen LogP contribution >= 0.6 is 0 Å². The van der Waals surface area contributed by atoms with Crippen LogP contribution in [0, 0.1) is 5.92 Å². The van der Waals surface area contributed by atoms with E-state index in [9.17, 15) is 32.7 Å². The first kappa shape index (κ1) is 36.1. The van der Waals surface area contributed by atoms with Crippen molar-refractivity contribution in [2.75, 3.05) is 38.7 Å². The molecule has 13 heteroatoms. The lowest BCUT2D eigenvalue weighted by atomic mass is 10.0. The summed E-state index contributed by atoms with van der Waals surface area (Å²) in [5.74, 6) is -1.31. The fourth-order valence-electron chi connectivity index (χ4n) is 4.65. The van der Waals surface area contributed by atoms with E-state index in [1.54, 1.807) is 18.9 Å². The number of alkyl halides is 3. The van der Waals surface area contributed by atoms with Crippen LogP contribution in [0.15, 0.2) is 18.2 Å². The molecule has 1 aliphatic heterocycles. The predicted molar refractivity (Wildman–Crippen MR) is 157 cm³/mol. The molecular formula is C30H47F3N4O6. The van der Waals surface area contributed by atoms with Crippen LogP contribution in [-0.2, 0) is 9.53 Å². The maximum atomic E-state index is 14.1. The van der Waals surface area contributed by atoms with Gasteiger partial charge in [-0.2, -0.15) is 13.2 Å². The Kier molecular flexibility index (Phi) is 14.0. The van der Waals surface area contributed by atoms with Gasteiger partial charge in [0.25, 0.3) is 5.91 Å². The summed E-state index contributed by atoms with van der Waals surface area (Å²) in [7, 11) is 1.68. The van der Waals surface area contributed by atoms with E-state index in [0.717, 1.165) is 12.8 Å². The normalized spacial score (nSPS) is 21.3. The van der Waals surface area contributed by atoms with Crippen molar-refractivity contribution in [2.45, 2.75) is 97.2 Å². The first-order chi connectivity index (χ1) is 20.1. The number of hydrogen-bond acceptors (Lipinski definition) is 6. The number of benzene rings is 1. The van der Waals surface area contributed by atoms with Gasteiger partial charge in [-0.25, -0.2) is 4.79 Å². The molecule has 1 aromatic carbocycles. The zero-order valence-corrected chi connectivity index (χ0v) is 26.0. The van der Waals surface area contributed by atoms with E-state index in [0.29, 0.717) is 13.0 Å². The van der Waals surface area contributed by atoms with Gasteiger partial charge in [0.15, 0.2) is 0 Å². The molecule has 0 bridgehead atoms. The van der Waals surface area contributed by atoms with Gasteiger partial charge in [-0.1, -0.05) is 6.92 Å². The molecule has 0 radical (unpaired) electrons. The first-order valence-corrected chi connectivity index (χ1v) is 14.8. The SMILES string of the molecule is CC(C)NC(=O)N(C)C[C@@H]1OCCCC[C@@H](C)Oc2ccc(NC(=O)CCC(F)(F)F)cc2C(=O)N([C@H](C)CO)C[C@@H]1C. The zero-order chi connectivity index (χ0) is 32.3. The molecule has 0 unspecified atom stereocenters. The van der Waals surface area contributed by atoms with Crippen LogP contribution in [0.4, 0.5) is 23.7 Å². The number of carbonyl (C=O) groups excluding carboxylic acids is 3. The highest BCUT2D eigenvalue weighted by molar-refractivity contribution is 5.99. The second kappa shape index (κ2) is 16.7. The van der Waals surface area contributed by atoms with E-state index in [4.69, 9.17) is 9.47 Å². The largest absolute Gasteiger partial charge is 0.490 e. The summed E-state index contributed by atoms with van der Waals surface area (Å²) in [5, 5.41) is 15.4. The molecule has 1 aromatic rings. The van der Waals surface area contributed by atoms with Crippen molar-refractivity contribution >= 4 is 23.5 Å². The number of halogens is 3. The molecule has 3 N–H and O–H groups in total. The molecule has 0 saturated heterocycles. The molecule has 4 atom stereocenters. The Bertz CT molecular complexity index is 1070. The molecule has 0 fully saturated rings. The van der Waals surface area contributed by atoms with Gasteiger partial charge in [0, 0.05) is 50.8 Å². The fraction of sp³-hybridized carbons (Fsp3) is 0.700. The number of amides is 4. The quantitative estimate of drug-likeness (QED) is 0.386. The summed E-state index contributed by atoms with van der Waals surface area (Å²) in [5.41, 5.74) is 0.260. The van der Waals surface area contributed by atoms with Crippen LogP contribution in [0.25, 0.3) is 0 Å². The first-order valence-electron chi connectivity index (χ1n) is 14.8. The van der Waals surface area contributed by atoms with Crippen LogP contribution in [0.2, 0.25) is 0 Å². The van der Waals surface area contributed by atoms with Crippen molar-refractivity contribution in [3.8, 4) is 5.75 Å². The Morgan fingerprint density at radius 1 is 1.19 bits per heavy atom. The highest BCUT2D eigenvalue weighted by Gasteiger charge is 2.31. The van der Waals surface area contributed by atoms with Crippen LogP contribution < -0.4 is 15.4 Å². The van der Waals surface area contributed by atoms with E-state index in [1.165, 1.54) is 23.1 Å². The van der Waals surface area contributed by atoms with E-state index in [2.05, 4.69) is 10.6 Å². The Hall–Kier alpha value is -3.06. The highest BCUT2D eigenvalue weighted by Crippen LogP contribution is 2.29. The Balaban J connectivity index is 2.42. The number of aliphatic hydroxyl groups is 1. The zero-order valence-electron chi connectivity index (χ0n) is 26.0. The number of carbonyl (C=O) groups is 3. The standard InChI is InChI=1S/C30H47F3N4O6/c1-19(2)34-29(41)36(6)17-26-20(3)16-37(21(4)18-38)28(40)24-15-23(35-27(39)12-13-30(31,32)33)10-11-25(24)43-22(5)9-7-8-14-42-26/h10-11,15,19-22,26,38H,7-9,12-14,16-18H2,1-6H3,(H,34,41)(H,35,39)/t20-,21+,22+,26-/m0/s1. The number of aliphatic hydroxyl groups excluding tert-OH is 1. The third kappa shape index (κ3) is 12.2. The Labute approximate surface area is 252 Å². The summed E-state index contributed by atoms with van der Waals surface area (Å²) in [6, 6.07) is 3.50. The van der Waals surface area contributed by atoms with Gasteiger partial charge >= 0.3 is 12.2 Å². The smallest absolute Gasteiger partial charge is 0.389 e. The van der Waals surface area contributed by atoms with Crippen molar-refractivity contribution in [3.05, 3.63) is 23.8 Å². The van der Waals surface area contributed by atoms with E-state index < -0.39 is 43.0 Å². The predicted octanol–water partition coefficient (Wildman–Crippen LogP) is 4.81. The monoisotopic (exact) mass is 616 g/mol. The molecule has 2 rings (SSSR count). The van der Waals surface area contributed by atoms with Crippen molar-refractivity contribution in [1.82, 2.24) is 15.1 Å². The molecule has 4 amide bonds. The van der Waals surface area contributed by atoms with Crippen molar-refractivity contribution in [3.63, 3.8) is 0 Å². The van der Waals surface area contributed by atoms with Crippen molar-refractivity contribution < 1.29 is 42.1 Å². The average molecular weight is 617 g/mol. The molecule has 1 heterocycles. The molecule has 0 aromatic heterocycles. The third-order valence-electron chi connectivity index (χ3n) is 7.18. The van der Waals surface area contributed by atoms with Crippen molar-refractivity contribution in [2.24, 2.45) is 5.92 Å². The molecule has 1 aliphatic rings. The summed E-state index contributed by atoms with van der Waals surface area (Å²) in [4.78, 5) is 41.9. The number of nitrogens with zero attached hydrogens (tertiary/aromatic N) is 2. The van der Waals surface area contributed by atoms with Crippen LogP contribution in [-0.4, -0.2) is 96.6 Å². The molecular weight excluding hydrogens is 569 g/mol. The average Bonchev–Trinajstić information content (AvgIpc) is 2.92. The van der Waals surface area contributed by atoms with Crippen LogP contribution in [0.1, 0.15) is 77.1 Å². The fourth-order valence-corrected chi connectivity index (χ4v) is 4.65. The lowest BCUT2D eigenvalue weighted by molar-refractivity contribution is -0.142. The number of ether oxygens (including phenoxy) is 2. The van der Waals surface area contributed by atoms with E-state index in [1.807, 2.05) is 27.7 Å². The summed E-state index contributed by atoms with van der Waals surface area (Å²) in [6.45, 7) is 9.78. The molecule has 10 nitrogen and oxygen atoms in total. The second-order valence-electron chi connectivity index (χ2n) is 11.7. The number of urea groups is 1. The minimum Gasteiger partial charge on any atom is -0.490 e. The minimum atomic E-state index is -4.47. The number of hydrogen-bond donors (Lipinski definition) is 3. The third-order valence-corrected chi connectivity index (χ3v) is 7.18. The molecule has 244 valence electrons. The summed E-state index contributed by atoms with van der Waals surface area (Å²) in [6.07, 6.45) is -4.97. The van der Waals surface area contributed by atoms with Gasteiger partial charge in [-0.05, 0) is 65.2 Å². The minimum absolute atomic E-state index is 0.0422. The Morgan fingerprint density at radius 3 is 2.51 bits per heavy atom. The van der Waals surface area contributed by atoms with Crippen LogP contribution in [0.5, 0.6) is 5.75 Å². The summed E-state index contributed by atoms with van der Waals surface area (Å²) < 4.78 is 50.2. The highest BCUT2D eigenvalue weighted by atomic mass is 19.4. The topological polar surface area (TPSA) is 120 Å². The number of anilines is 1. The van der Waals surface area contributed by atoms with Gasteiger partial charge < -0.3 is 35.0 Å². The number of nitrogens with one attached hydrogen (secondary N) is 2. The van der Waals surface area contributed by atoms with Gasteiger partial charge in [0.1, 0.15) is 5.75 Å². The van der Waals surface area contributed by atoms with Gasteiger partial charge in [0.2, 0.25) is 5.91 Å². The van der Waals surface area contributed by atoms with E-state index >= 15 is 0 Å². The lowest BCUT2D eigenvalue weighted by Crippen LogP contribution is -2.49. The van der Waals surface area contributed by atoms with Crippen LogP contribution in [0.3, 0.4) is 0 Å². The van der Waals surface area contributed by atoms with E-state index in [-0.39, 0.29) is 60.8 Å². The second-order valence-corrected chi connectivity index (χ2v) is 11.7. The maximum Gasteiger partial charge on any atom is 0.389 e. The van der Waals surface area contributed by atoms with Gasteiger partial charge in [0.05, 0.1) is 36.8 Å². The number of rotatable bonds is 8. The molecule has 43 heavy (non-hydrogen) atoms. The van der Waals surface area contributed by atoms with Crippen molar-refractivity contribution in [1.29, 1.82) is 0 Å². The number of fused-ring (bicyclic) bond motifs is 1. The Morgan fingerprint density at radius 2 is 1.88 bits per heavy atom.